The first-order valence-electron chi connectivity index (χ1n) is 4.38. The van der Waals surface area contributed by atoms with Gasteiger partial charge in [-0.05, 0) is 13.8 Å². The fourth-order valence-corrected chi connectivity index (χ4v) is 1.62. The van der Waals surface area contributed by atoms with E-state index < -0.39 is 5.60 Å². The molecule has 0 spiro atoms. The Morgan fingerprint density at radius 3 is 2.93 bits per heavy atom. The maximum Gasteiger partial charge on any atom is 0.220 e. The molecule has 1 aliphatic heterocycles. The van der Waals surface area contributed by atoms with Gasteiger partial charge in [-0.15, -0.1) is 0 Å². The minimum Gasteiger partial charge on any atom is -0.368 e. The molecule has 1 aliphatic rings. The van der Waals surface area contributed by atoms with E-state index >= 15 is 0 Å². The van der Waals surface area contributed by atoms with Crippen LogP contribution < -0.4 is 5.73 Å². The highest BCUT2D eigenvalue weighted by Crippen LogP contribution is 2.41. The van der Waals surface area contributed by atoms with E-state index in [0.29, 0.717) is 0 Å². The average Bonchev–Trinajstić information content (AvgIpc) is 2.38. The van der Waals surface area contributed by atoms with Crippen LogP contribution in [0.15, 0.2) is 6.20 Å². The SMILES string of the molecule is COC1OC(C)(C)c2nc(N)ncc21. The molecule has 1 unspecified atom stereocenters. The monoisotopic (exact) mass is 195 g/mol. The zero-order chi connectivity index (χ0) is 10.3. The normalized spacial score (nSPS) is 23.5. The predicted molar refractivity (Wildman–Crippen MR) is 50.3 cm³/mol. The molecular formula is C9H13N3O2. The highest BCUT2D eigenvalue weighted by Gasteiger charge is 2.40. The van der Waals surface area contributed by atoms with E-state index in [4.69, 9.17) is 15.2 Å². The van der Waals surface area contributed by atoms with Crippen molar-refractivity contribution < 1.29 is 9.47 Å². The van der Waals surface area contributed by atoms with E-state index in [1.54, 1.807) is 13.3 Å². The van der Waals surface area contributed by atoms with Gasteiger partial charge in [-0.3, -0.25) is 0 Å². The summed E-state index contributed by atoms with van der Waals surface area (Å²) in [5.41, 5.74) is 6.71. The first-order valence-corrected chi connectivity index (χ1v) is 4.38. The van der Waals surface area contributed by atoms with Crippen molar-refractivity contribution in [3.63, 3.8) is 0 Å². The maximum atomic E-state index is 5.64. The number of aromatic nitrogens is 2. The minimum atomic E-state index is -0.465. The van der Waals surface area contributed by atoms with Crippen LogP contribution in [-0.2, 0) is 15.1 Å². The van der Waals surface area contributed by atoms with Gasteiger partial charge < -0.3 is 15.2 Å². The van der Waals surface area contributed by atoms with E-state index in [9.17, 15) is 0 Å². The lowest BCUT2D eigenvalue weighted by atomic mass is 10.0. The van der Waals surface area contributed by atoms with Crippen molar-refractivity contribution in [1.29, 1.82) is 0 Å². The van der Waals surface area contributed by atoms with Gasteiger partial charge in [0.2, 0.25) is 5.95 Å². The van der Waals surface area contributed by atoms with Gasteiger partial charge in [0.15, 0.2) is 6.29 Å². The van der Waals surface area contributed by atoms with Gasteiger partial charge in [-0.2, -0.15) is 0 Å². The van der Waals surface area contributed by atoms with Crippen LogP contribution in [-0.4, -0.2) is 17.1 Å². The number of ether oxygens (including phenoxy) is 2. The van der Waals surface area contributed by atoms with Gasteiger partial charge in [0.05, 0.1) is 11.3 Å². The Kier molecular flexibility index (Phi) is 1.94. The first-order chi connectivity index (χ1) is 6.54. The Balaban J connectivity index is 2.54. The fourth-order valence-electron chi connectivity index (χ4n) is 1.62. The van der Waals surface area contributed by atoms with Crippen LogP contribution in [0, 0.1) is 0 Å². The summed E-state index contributed by atoms with van der Waals surface area (Å²) in [7, 11) is 1.59. The van der Waals surface area contributed by atoms with Gasteiger partial charge in [0.1, 0.15) is 5.60 Å². The molecule has 2 N–H and O–H groups in total. The molecule has 5 heteroatoms. The summed E-state index contributed by atoms with van der Waals surface area (Å²) in [5.74, 6) is 0.261. The molecule has 0 bridgehead atoms. The third kappa shape index (κ3) is 1.25. The molecule has 0 fully saturated rings. The maximum absolute atomic E-state index is 5.64. The minimum absolute atomic E-state index is 0.261. The molecule has 2 rings (SSSR count). The molecule has 0 aliphatic carbocycles. The molecule has 1 atom stereocenters. The molecular weight excluding hydrogens is 182 g/mol. The smallest absolute Gasteiger partial charge is 0.220 e. The Hall–Kier alpha value is -1.20. The van der Waals surface area contributed by atoms with Gasteiger partial charge in [0.25, 0.3) is 0 Å². The van der Waals surface area contributed by atoms with Crippen LogP contribution in [0.3, 0.4) is 0 Å². The summed E-state index contributed by atoms with van der Waals surface area (Å²) >= 11 is 0. The Morgan fingerprint density at radius 1 is 1.57 bits per heavy atom. The molecule has 0 saturated carbocycles. The fraction of sp³-hybridized carbons (Fsp3) is 0.556. The van der Waals surface area contributed by atoms with E-state index in [1.165, 1.54) is 0 Å². The lowest BCUT2D eigenvalue weighted by Crippen LogP contribution is -2.18. The first kappa shape index (κ1) is 9.36. The van der Waals surface area contributed by atoms with Crippen molar-refractivity contribution in [2.75, 3.05) is 12.8 Å². The number of fused-ring (bicyclic) bond motifs is 1. The number of methoxy groups -OCH3 is 1. The average molecular weight is 195 g/mol. The third-order valence-corrected chi connectivity index (χ3v) is 2.28. The molecule has 0 aromatic carbocycles. The topological polar surface area (TPSA) is 70.3 Å². The van der Waals surface area contributed by atoms with Crippen molar-refractivity contribution in [3.8, 4) is 0 Å². The molecule has 0 radical (unpaired) electrons. The largest absolute Gasteiger partial charge is 0.368 e. The van der Waals surface area contributed by atoms with Crippen molar-refractivity contribution in [1.82, 2.24) is 9.97 Å². The number of hydrogen-bond acceptors (Lipinski definition) is 5. The zero-order valence-corrected chi connectivity index (χ0v) is 8.44. The van der Waals surface area contributed by atoms with Gasteiger partial charge >= 0.3 is 0 Å². The Bertz CT molecular complexity index is 365. The standard InChI is InChI=1S/C9H13N3O2/c1-9(2)6-5(7(13-3)14-9)4-11-8(10)12-6/h4,7H,1-3H3,(H2,10,11,12). The zero-order valence-electron chi connectivity index (χ0n) is 8.44. The lowest BCUT2D eigenvalue weighted by Gasteiger charge is -2.18. The Labute approximate surface area is 82.3 Å². The van der Waals surface area contributed by atoms with Crippen molar-refractivity contribution in [2.24, 2.45) is 0 Å². The third-order valence-electron chi connectivity index (χ3n) is 2.28. The van der Waals surface area contributed by atoms with Gasteiger partial charge in [-0.1, -0.05) is 0 Å². The molecule has 76 valence electrons. The van der Waals surface area contributed by atoms with Crippen LogP contribution in [0.2, 0.25) is 0 Å². The molecule has 5 nitrogen and oxygen atoms in total. The van der Waals surface area contributed by atoms with E-state index in [2.05, 4.69) is 9.97 Å². The van der Waals surface area contributed by atoms with Crippen LogP contribution in [0.25, 0.3) is 0 Å². The van der Waals surface area contributed by atoms with Gasteiger partial charge in [0, 0.05) is 13.3 Å². The summed E-state index contributed by atoms with van der Waals surface area (Å²) in [4.78, 5) is 8.09. The molecule has 0 amide bonds. The highest BCUT2D eigenvalue weighted by molar-refractivity contribution is 5.32. The predicted octanol–water partition coefficient (Wildman–Crippen LogP) is 0.969. The second-order valence-electron chi connectivity index (χ2n) is 3.73. The number of rotatable bonds is 1. The summed E-state index contributed by atoms with van der Waals surface area (Å²) < 4.78 is 10.8. The van der Waals surface area contributed by atoms with Crippen LogP contribution in [0.1, 0.15) is 31.4 Å². The number of nitrogens with two attached hydrogens (primary N) is 1. The van der Waals surface area contributed by atoms with Crippen LogP contribution >= 0.6 is 0 Å². The highest BCUT2D eigenvalue weighted by atomic mass is 16.7. The molecule has 1 aromatic rings. The van der Waals surface area contributed by atoms with Gasteiger partial charge in [-0.25, -0.2) is 9.97 Å². The number of nitrogens with zero attached hydrogens (tertiary/aromatic N) is 2. The van der Waals surface area contributed by atoms with E-state index in [0.717, 1.165) is 11.3 Å². The van der Waals surface area contributed by atoms with E-state index in [-0.39, 0.29) is 12.2 Å². The number of nitrogen functional groups attached to an aromatic ring is 1. The molecule has 2 heterocycles. The summed E-state index contributed by atoms with van der Waals surface area (Å²) in [6, 6.07) is 0. The second kappa shape index (κ2) is 2.90. The van der Waals surface area contributed by atoms with Crippen molar-refractivity contribution in [3.05, 3.63) is 17.5 Å². The van der Waals surface area contributed by atoms with Crippen LogP contribution in [0.5, 0.6) is 0 Å². The summed E-state index contributed by atoms with van der Waals surface area (Å²) in [5, 5.41) is 0. The van der Waals surface area contributed by atoms with E-state index in [1.807, 2.05) is 13.8 Å². The number of anilines is 1. The summed E-state index contributed by atoms with van der Waals surface area (Å²) in [6.45, 7) is 3.86. The molecule has 0 saturated heterocycles. The lowest BCUT2D eigenvalue weighted by molar-refractivity contribution is -0.175. The van der Waals surface area contributed by atoms with Crippen molar-refractivity contribution in [2.45, 2.75) is 25.7 Å². The second-order valence-corrected chi connectivity index (χ2v) is 3.73. The molecule has 1 aromatic heterocycles. The number of hydrogen-bond donors (Lipinski definition) is 1. The van der Waals surface area contributed by atoms with Crippen molar-refractivity contribution >= 4 is 5.95 Å². The van der Waals surface area contributed by atoms with Crippen LogP contribution in [0.4, 0.5) is 5.95 Å². The molecule has 14 heavy (non-hydrogen) atoms. The quantitative estimate of drug-likeness (QED) is 0.723. The summed E-state index contributed by atoms with van der Waals surface area (Å²) in [6.07, 6.45) is 1.27. The Morgan fingerprint density at radius 2 is 2.29 bits per heavy atom.